The standard InChI is InChI=1S/C19H19NO6S/c1-20-15(10-8-11(24-2)18(26-4)12(9-10)25-3)14(17(22)19(20)23)16(21)13-6-5-7-27-13/h5-9,15,22H,1-4H3. The Morgan fingerprint density at radius 1 is 1.15 bits per heavy atom. The number of likely N-dealkylation sites (N-methyl/N-ethyl adjacent to an activating group) is 1. The molecule has 0 aliphatic carbocycles. The molecule has 8 heteroatoms. The summed E-state index contributed by atoms with van der Waals surface area (Å²) in [7, 11) is 5.98. The van der Waals surface area contributed by atoms with Crippen molar-refractivity contribution in [3.05, 3.63) is 51.4 Å². The van der Waals surface area contributed by atoms with Crippen LogP contribution in [0.15, 0.2) is 41.0 Å². The maximum atomic E-state index is 13.0. The molecule has 3 rings (SSSR count). The first-order valence-corrected chi connectivity index (χ1v) is 8.90. The number of hydrogen-bond donors (Lipinski definition) is 1. The SMILES string of the molecule is COc1cc(C2C(C(=O)c3cccs3)=C(O)C(=O)N2C)cc(OC)c1OC. The third-order valence-corrected chi connectivity index (χ3v) is 5.30. The lowest BCUT2D eigenvalue weighted by Gasteiger charge is -2.24. The van der Waals surface area contributed by atoms with Gasteiger partial charge >= 0.3 is 0 Å². The Morgan fingerprint density at radius 2 is 1.78 bits per heavy atom. The largest absolute Gasteiger partial charge is 0.503 e. The summed E-state index contributed by atoms with van der Waals surface area (Å²) in [5.41, 5.74) is 0.587. The Labute approximate surface area is 160 Å². The van der Waals surface area contributed by atoms with Crippen molar-refractivity contribution in [3.8, 4) is 17.2 Å². The monoisotopic (exact) mass is 389 g/mol. The van der Waals surface area contributed by atoms with Crippen LogP contribution in [0.1, 0.15) is 21.3 Å². The number of carbonyl (C=O) groups is 2. The van der Waals surface area contributed by atoms with Gasteiger partial charge in [0.15, 0.2) is 17.3 Å². The fourth-order valence-electron chi connectivity index (χ4n) is 3.14. The first kappa shape index (κ1) is 18.8. The number of ether oxygens (including phenoxy) is 3. The van der Waals surface area contributed by atoms with Crippen LogP contribution in [-0.2, 0) is 4.79 Å². The van der Waals surface area contributed by atoms with Crippen LogP contribution >= 0.6 is 11.3 Å². The normalized spacial score (nSPS) is 16.7. The van der Waals surface area contributed by atoms with Gasteiger partial charge in [-0.15, -0.1) is 11.3 Å². The van der Waals surface area contributed by atoms with E-state index in [9.17, 15) is 14.7 Å². The Hall–Kier alpha value is -3.00. The second kappa shape index (κ2) is 7.32. The third kappa shape index (κ3) is 3.02. The number of benzene rings is 1. The Kier molecular flexibility index (Phi) is 5.09. The van der Waals surface area contributed by atoms with Crippen LogP contribution in [0.3, 0.4) is 0 Å². The molecule has 0 spiro atoms. The summed E-state index contributed by atoms with van der Waals surface area (Å²) in [6.45, 7) is 0. The number of ketones is 1. The minimum Gasteiger partial charge on any atom is -0.503 e. The van der Waals surface area contributed by atoms with Crippen LogP contribution in [0.25, 0.3) is 0 Å². The van der Waals surface area contributed by atoms with Crippen molar-refractivity contribution in [2.24, 2.45) is 0 Å². The van der Waals surface area contributed by atoms with Crippen molar-refractivity contribution in [1.29, 1.82) is 0 Å². The van der Waals surface area contributed by atoms with E-state index in [2.05, 4.69) is 0 Å². The van der Waals surface area contributed by atoms with E-state index in [1.165, 1.54) is 44.6 Å². The lowest BCUT2D eigenvalue weighted by molar-refractivity contribution is -0.128. The van der Waals surface area contributed by atoms with E-state index in [-0.39, 0.29) is 11.4 Å². The predicted molar refractivity (Wildman–Crippen MR) is 99.9 cm³/mol. The van der Waals surface area contributed by atoms with Crippen molar-refractivity contribution in [2.75, 3.05) is 28.4 Å². The second-order valence-corrected chi connectivity index (χ2v) is 6.79. The summed E-state index contributed by atoms with van der Waals surface area (Å²) in [6, 6.07) is 5.94. The molecule has 1 aliphatic rings. The van der Waals surface area contributed by atoms with Gasteiger partial charge in [0.05, 0.1) is 37.8 Å². The molecule has 0 bridgehead atoms. The van der Waals surface area contributed by atoms with Gasteiger partial charge in [0.2, 0.25) is 11.5 Å². The maximum absolute atomic E-state index is 13.0. The fraction of sp³-hybridized carbons (Fsp3) is 0.263. The molecule has 0 saturated carbocycles. The third-order valence-electron chi connectivity index (χ3n) is 4.43. The summed E-state index contributed by atoms with van der Waals surface area (Å²) in [4.78, 5) is 27.1. The van der Waals surface area contributed by atoms with Crippen molar-refractivity contribution in [3.63, 3.8) is 0 Å². The zero-order valence-electron chi connectivity index (χ0n) is 15.3. The van der Waals surface area contributed by atoms with Crippen LogP contribution in [-0.4, -0.2) is 50.1 Å². The first-order chi connectivity index (χ1) is 12.9. The average molecular weight is 389 g/mol. The number of nitrogens with zero attached hydrogens (tertiary/aromatic N) is 1. The van der Waals surface area contributed by atoms with Crippen molar-refractivity contribution >= 4 is 23.0 Å². The Morgan fingerprint density at radius 3 is 2.26 bits per heavy atom. The number of aliphatic hydroxyl groups is 1. The molecule has 27 heavy (non-hydrogen) atoms. The molecule has 142 valence electrons. The number of hydrogen-bond acceptors (Lipinski definition) is 7. The molecule has 1 amide bonds. The second-order valence-electron chi connectivity index (χ2n) is 5.85. The topological polar surface area (TPSA) is 85.3 Å². The number of Topliss-reactive ketones (excluding diaryl/α,β-unsaturated/α-hetero) is 1. The Bertz CT molecular complexity index is 893. The van der Waals surface area contributed by atoms with Gasteiger partial charge in [0, 0.05) is 7.05 Å². The number of rotatable bonds is 6. The van der Waals surface area contributed by atoms with Crippen molar-refractivity contribution in [2.45, 2.75) is 6.04 Å². The summed E-state index contributed by atoms with van der Waals surface area (Å²) < 4.78 is 16.1. The van der Waals surface area contributed by atoms with Crippen LogP contribution in [0.5, 0.6) is 17.2 Å². The lowest BCUT2D eigenvalue weighted by Crippen LogP contribution is -2.26. The summed E-state index contributed by atoms with van der Waals surface area (Å²) in [5, 5.41) is 12.1. The fourth-order valence-corrected chi connectivity index (χ4v) is 3.82. The van der Waals surface area contributed by atoms with E-state index in [4.69, 9.17) is 14.2 Å². The lowest BCUT2D eigenvalue weighted by atomic mass is 9.95. The molecule has 0 saturated heterocycles. The zero-order chi connectivity index (χ0) is 19.7. The number of methoxy groups -OCH3 is 3. The highest BCUT2D eigenvalue weighted by atomic mass is 32.1. The molecule has 1 aromatic carbocycles. The Balaban J connectivity index is 2.16. The molecular weight excluding hydrogens is 370 g/mol. The van der Waals surface area contributed by atoms with Crippen LogP contribution in [0.4, 0.5) is 0 Å². The van der Waals surface area contributed by atoms with Gasteiger partial charge < -0.3 is 24.2 Å². The van der Waals surface area contributed by atoms with Crippen LogP contribution < -0.4 is 14.2 Å². The minimum absolute atomic E-state index is 0.0271. The molecule has 2 heterocycles. The zero-order valence-corrected chi connectivity index (χ0v) is 16.1. The average Bonchev–Trinajstić information content (AvgIpc) is 3.29. The van der Waals surface area contributed by atoms with Crippen molar-refractivity contribution in [1.82, 2.24) is 4.90 Å². The molecule has 1 atom stereocenters. The molecular formula is C19H19NO6S. The molecule has 1 aromatic heterocycles. The smallest absolute Gasteiger partial charge is 0.289 e. The highest BCUT2D eigenvalue weighted by molar-refractivity contribution is 7.12. The molecule has 1 N–H and O–H groups in total. The summed E-state index contributed by atoms with van der Waals surface area (Å²) >= 11 is 1.25. The molecule has 1 aliphatic heterocycles. The number of thiophene rings is 1. The van der Waals surface area contributed by atoms with Gasteiger partial charge in [-0.25, -0.2) is 0 Å². The van der Waals surface area contributed by atoms with E-state index < -0.39 is 17.7 Å². The van der Waals surface area contributed by atoms with Gasteiger partial charge in [-0.2, -0.15) is 0 Å². The van der Waals surface area contributed by atoms with E-state index in [0.717, 1.165) is 0 Å². The number of amides is 1. The van der Waals surface area contributed by atoms with Gasteiger partial charge in [-0.05, 0) is 29.1 Å². The van der Waals surface area contributed by atoms with E-state index >= 15 is 0 Å². The van der Waals surface area contributed by atoms with Gasteiger partial charge in [-0.1, -0.05) is 6.07 Å². The van der Waals surface area contributed by atoms with Crippen molar-refractivity contribution < 1.29 is 28.9 Å². The predicted octanol–water partition coefficient (Wildman–Crippen LogP) is 2.98. The van der Waals surface area contributed by atoms with E-state index in [1.807, 2.05) is 0 Å². The molecule has 2 aromatic rings. The molecule has 0 fully saturated rings. The van der Waals surface area contributed by atoms with E-state index in [1.54, 1.807) is 29.6 Å². The maximum Gasteiger partial charge on any atom is 0.289 e. The van der Waals surface area contributed by atoms with E-state index in [0.29, 0.717) is 27.7 Å². The minimum atomic E-state index is -0.777. The van der Waals surface area contributed by atoms with Crippen LogP contribution in [0.2, 0.25) is 0 Å². The van der Waals surface area contributed by atoms with Gasteiger partial charge in [0.1, 0.15) is 0 Å². The first-order valence-electron chi connectivity index (χ1n) is 8.03. The summed E-state index contributed by atoms with van der Waals surface area (Å²) in [6.07, 6.45) is 0. The highest BCUT2D eigenvalue weighted by Crippen LogP contribution is 2.45. The molecule has 7 nitrogen and oxygen atoms in total. The molecule has 1 unspecified atom stereocenters. The number of carbonyl (C=O) groups excluding carboxylic acids is 2. The molecule has 0 radical (unpaired) electrons. The highest BCUT2D eigenvalue weighted by Gasteiger charge is 2.42. The number of aliphatic hydroxyl groups excluding tert-OH is 1. The van der Waals surface area contributed by atoms with Gasteiger partial charge in [-0.3, -0.25) is 9.59 Å². The quantitative estimate of drug-likeness (QED) is 0.765. The summed E-state index contributed by atoms with van der Waals surface area (Å²) in [5.74, 6) is -0.374. The van der Waals surface area contributed by atoms with Gasteiger partial charge in [0.25, 0.3) is 5.91 Å². The van der Waals surface area contributed by atoms with Crippen LogP contribution in [0, 0.1) is 0 Å².